The monoisotopic (exact) mass is 395 g/mol. The van der Waals surface area contributed by atoms with Crippen LogP contribution in [0.1, 0.15) is 19.4 Å². The van der Waals surface area contributed by atoms with Crippen molar-refractivity contribution in [2.24, 2.45) is 5.73 Å². The van der Waals surface area contributed by atoms with E-state index in [1.165, 1.54) is 16.7 Å². The quantitative estimate of drug-likeness (QED) is 0.740. The molecule has 0 radical (unpaired) electrons. The van der Waals surface area contributed by atoms with Crippen LogP contribution in [0.3, 0.4) is 0 Å². The van der Waals surface area contributed by atoms with E-state index in [4.69, 9.17) is 10.5 Å². The third-order valence-electron chi connectivity index (χ3n) is 3.32. The van der Waals surface area contributed by atoms with Crippen LogP contribution in [0.25, 0.3) is 11.1 Å². The Morgan fingerprint density at radius 3 is 2.25 bits per heavy atom. The van der Waals surface area contributed by atoms with E-state index < -0.39 is 0 Å². The number of nitrogens with one attached hydrogen (secondary N) is 1. The molecule has 7 heteroatoms. The summed E-state index contributed by atoms with van der Waals surface area (Å²) in [6, 6.07) is 8.26. The molecular weight excluding hydrogens is 369 g/mol. The van der Waals surface area contributed by atoms with E-state index in [2.05, 4.69) is 35.3 Å². The first-order chi connectivity index (χ1) is 10.1. The first-order valence-corrected chi connectivity index (χ1v) is 7.41. The van der Waals surface area contributed by atoms with Crippen LogP contribution in [0.15, 0.2) is 36.7 Å². The summed E-state index contributed by atoms with van der Waals surface area (Å²) in [5.41, 5.74) is 9.31. The summed E-state index contributed by atoms with van der Waals surface area (Å²) in [5.74, 6) is 0.908. The lowest BCUT2D eigenvalue weighted by molar-refractivity contribution is 0.242. The van der Waals surface area contributed by atoms with E-state index in [-0.39, 0.29) is 43.3 Å². The fraction of sp³-hybridized carbons (Fsp3) is 0.412. The van der Waals surface area contributed by atoms with Gasteiger partial charge in [-0.25, -0.2) is 0 Å². The molecule has 0 atom stereocenters. The van der Waals surface area contributed by atoms with E-state index >= 15 is 0 Å². The molecule has 1 aromatic carbocycles. The molecule has 0 bridgehead atoms. The SMILES string of the molecule is CC(C)Oc1ccc(-c2c[nH]cc2CN(C)CCN)cc1.Cl.Cl.Cl. The fourth-order valence-corrected chi connectivity index (χ4v) is 2.37. The standard InChI is InChI=1S/C17H25N3O.3ClH/c1-13(2)21-16-6-4-14(5-7-16)17-11-19-10-15(17)12-20(3)9-8-18;;;/h4-7,10-11,13,19H,8-9,12,18H2,1-3H3;3*1H. The van der Waals surface area contributed by atoms with Gasteiger partial charge in [0, 0.05) is 37.6 Å². The third-order valence-corrected chi connectivity index (χ3v) is 3.32. The zero-order chi connectivity index (χ0) is 15.2. The number of likely N-dealkylation sites (N-methyl/N-ethyl adjacent to an activating group) is 1. The summed E-state index contributed by atoms with van der Waals surface area (Å²) < 4.78 is 5.68. The van der Waals surface area contributed by atoms with Crippen molar-refractivity contribution < 1.29 is 4.74 Å². The molecule has 0 aliphatic rings. The van der Waals surface area contributed by atoms with Gasteiger partial charge in [0.05, 0.1) is 6.10 Å². The Hall–Kier alpha value is -0.910. The van der Waals surface area contributed by atoms with Crippen molar-refractivity contribution in [3.05, 3.63) is 42.2 Å². The van der Waals surface area contributed by atoms with E-state index in [1.807, 2.05) is 32.2 Å². The van der Waals surface area contributed by atoms with Crippen LogP contribution in [-0.2, 0) is 6.54 Å². The maximum atomic E-state index is 5.68. The molecule has 138 valence electrons. The van der Waals surface area contributed by atoms with Gasteiger partial charge in [-0.2, -0.15) is 0 Å². The van der Waals surface area contributed by atoms with Crippen LogP contribution in [0.5, 0.6) is 5.75 Å². The van der Waals surface area contributed by atoms with Gasteiger partial charge in [0.25, 0.3) is 0 Å². The molecule has 2 rings (SSSR count). The minimum Gasteiger partial charge on any atom is -0.491 e. The Labute approximate surface area is 163 Å². The van der Waals surface area contributed by atoms with E-state index in [1.54, 1.807) is 0 Å². The molecule has 2 aromatic rings. The number of ether oxygens (including phenoxy) is 1. The van der Waals surface area contributed by atoms with Crippen molar-refractivity contribution in [2.45, 2.75) is 26.5 Å². The van der Waals surface area contributed by atoms with Gasteiger partial charge in [0.15, 0.2) is 0 Å². The van der Waals surface area contributed by atoms with Crippen LogP contribution in [0.4, 0.5) is 0 Å². The highest BCUT2D eigenvalue weighted by molar-refractivity contribution is 5.86. The number of aromatic nitrogens is 1. The molecule has 3 N–H and O–H groups in total. The van der Waals surface area contributed by atoms with E-state index in [9.17, 15) is 0 Å². The van der Waals surface area contributed by atoms with Crippen molar-refractivity contribution in [1.29, 1.82) is 0 Å². The van der Waals surface area contributed by atoms with Gasteiger partial charge in [-0.05, 0) is 44.2 Å². The number of hydrogen-bond donors (Lipinski definition) is 2. The van der Waals surface area contributed by atoms with Gasteiger partial charge < -0.3 is 20.4 Å². The lowest BCUT2D eigenvalue weighted by atomic mass is 10.0. The zero-order valence-corrected chi connectivity index (χ0v) is 16.8. The second-order valence-electron chi connectivity index (χ2n) is 5.61. The molecular formula is C17H28Cl3N3O. The first-order valence-electron chi connectivity index (χ1n) is 7.41. The second kappa shape index (κ2) is 12.5. The molecule has 0 amide bonds. The van der Waals surface area contributed by atoms with E-state index in [0.29, 0.717) is 6.54 Å². The number of halogens is 3. The van der Waals surface area contributed by atoms with Crippen molar-refractivity contribution in [3.63, 3.8) is 0 Å². The molecule has 0 saturated heterocycles. The molecule has 0 fully saturated rings. The molecule has 4 nitrogen and oxygen atoms in total. The highest BCUT2D eigenvalue weighted by Gasteiger charge is 2.09. The summed E-state index contributed by atoms with van der Waals surface area (Å²) in [7, 11) is 2.09. The number of H-pyrrole nitrogens is 1. The largest absolute Gasteiger partial charge is 0.491 e. The Balaban J connectivity index is 0. The van der Waals surface area contributed by atoms with Crippen molar-refractivity contribution >= 4 is 37.2 Å². The minimum atomic E-state index is 0. The predicted molar refractivity (Wildman–Crippen MR) is 109 cm³/mol. The Morgan fingerprint density at radius 2 is 1.71 bits per heavy atom. The summed E-state index contributed by atoms with van der Waals surface area (Å²) in [6.45, 7) is 6.53. The molecule has 0 saturated carbocycles. The number of nitrogens with two attached hydrogens (primary N) is 1. The number of benzene rings is 1. The van der Waals surface area contributed by atoms with Crippen LogP contribution < -0.4 is 10.5 Å². The van der Waals surface area contributed by atoms with Crippen LogP contribution in [0, 0.1) is 0 Å². The first kappa shape index (κ1) is 25.3. The number of rotatable bonds is 7. The Kier molecular flexibility index (Phi) is 13.1. The maximum Gasteiger partial charge on any atom is 0.119 e. The van der Waals surface area contributed by atoms with Gasteiger partial charge >= 0.3 is 0 Å². The maximum absolute atomic E-state index is 5.68. The average molecular weight is 397 g/mol. The van der Waals surface area contributed by atoms with Gasteiger partial charge in [-0.3, -0.25) is 0 Å². The summed E-state index contributed by atoms with van der Waals surface area (Å²) in [6.07, 6.45) is 4.30. The van der Waals surface area contributed by atoms with Crippen molar-refractivity contribution in [1.82, 2.24) is 9.88 Å². The summed E-state index contributed by atoms with van der Waals surface area (Å²) in [5, 5.41) is 0. The number of hydrogen-bond acceptors (Lipinski definition) is 3. The zero-order valence-electron chi connectivity index (χ0n) is 14.3. The minimum absolute atomic E-state index is 0. The molecule has 1 aromatic heterocycles. The topological polar surface area (TPSA) is 54.3 Å². The lowest BCUT2D eigenvalue weighted by Crippen LogP contribution is -2.24. The molecule has 24 heavy (non-hydrogen) atoms. The van der Waals surface area contributed by atoms with Gasteiger partial charge in [-0.1, -0.05) is 12.1 Å². The summed E-state index contributed by atoms with van der Waals surface area (Å²) >= 11 is 0. The highest BCUT2D eigenvalue weighted by atomic mass is 35.5. The highest BCUT2D eigenvalue weighted by Crippen LogP contribution is 2.26. The van der Waals surface area contributed by atoms with Gasteiger partial charge in [-0.15, -0.1) is 37.2 Å². The Bertz CT molecular complexity index is 558. The van der Waals surface area contributed by atoms with Crippen LogP contribution >= 0.6 is 37.2 Å². The smallest absolute Gasteiger partial charge is 0.119 e. The lowest BCUT2D eigenvalue weighted by Gasteiger charge is -2.16. The second-order valence-corrected chi connectivity index (χ2v) is 5.61. The van der Waals surface area contributed by atoms with Crippen LogP contribution in [-0.4, -0.2) is 36.1 Å². The molecule has 0 spiro atoms. The molecule has 0 aliphatic carbocycles. The van der Waals surface area contributed by atoms with Gasteiger partial charge in [0.1, 0.15) is 5.75 Å². The third kappa shape index (κ3) is 7.32. The molecule has 1 heterocycles. The number of aromatic amines is 1. The average Bonchev–Trinajstić information content (AvgIpc) is 2.87. The molecule has 0 unspecified atom stereocenters. The fourth-order valence-electron chi connectivity index (χ4n) is 2.37. The van der Waals surface area contributed by atoms with Crippen LogP contribution in [0.2, 0.25) is 0 Å². The number of nitrogens with zero attached hydrogens (tertiary/aromatic N) is 1. The van der Waals surface area contributed by atoms with Gasteiger partial charge in [0.2, 0.25) is 0 Å². The van der Waals surface area contributed by atoms with Crippen molar-refractivity contribution in [3.8, 4) is 16.9 Å². The predicted octanol–water partition coefficient (Wildman–Crippen LogP) is 4.12. The summed E-state index contributed by atoms with van der Waals surface area (Å²) in [4.78, 5) is 5.43. The van der Waals surface area contributed by atoms with Crippen molar-refractivity contribution in [2.75, 3.05) is 20.1 Å². The molecule has 0 aliphatic heterocycles. The van der Waals surface area contributed by atoms with E-state index in [0.717, 1.165) is 18.8 Å². The Morgan fingerprint density at radius 1 is 1.08 bits per heavy atom. The normalized spacial score (nSPS) is 9.92.